The fraction of sp³-hybridized carbons (Fsp3) is 0.400. The highest BCUT2D eigenvalue weighted by Gasteiger charge is 2.23. The van der Waals surface area contributed by atoms with E-state index >= 15 is 0 Å². The molecule has 1 aliphatic heterocycles. The number of ketones is 1. The van der Waals surface area contributed by atoms with Gasteiger partial charge in [0.25, 0.3) is 5.91 Å². The number of hydrogen-bond donors (Lipinski definition) is 3. The van der Waals surface area contributed by atoms with Crippen molar-refractivity contribution in [2.24, 2.45) is 5.73 Å². The van der Waals surface area contributed by atoms with E-state index in [4.69, 9.17) is 11.5 Å². The van der Waals surface area contributed by atoms with Gasteiger partial charge in [-0.05, 0) is 62.1 Å². The molecule has 8 nitrogen and oxygen atoms in total. The van der Waals surface area contributed by atoms with E-state index in [1.807, 2.05) is 6.07 Å². The van der Waals surface area contributed by atoms with Crippen LogP contribution in [0.5, 0.6) is 0 Å². The zero-order chi connectivity index (χ0) is 27.4. The maximum atomic E-state index is 14.9. The lowest BCUT2D eigenvalue weighted by Gasteiger charge is -2.33. The van der Waals surface area contributed by atoms with E-state index in [-0.39, 0.29) is 52.8 Å². The van der Waals surface area contributed by atoms with Gasteiger partial charge in [-0.25, -0.2) is 9.37 Å². The average molecular weight is 531 g/mol. The van der Waals surface area contributed by atoms with Crippen molar-refractivity contribution in [3.05, 3.63) is 71.4 Å². The molecule has 1 amide bonds. The molecule has 1 atom stereocenters. The third kappa shape index (κ3) is 6.25. The number of rotatable bonds is 7. The van der Waals surface area contributed by atoms with Crippen LogP contribution in [0.15, 0.2) is 48.8 Å². The van der Waals surface area contributed by atoms with Crippen LogP contribution in [0, 0.1) is 5.82 Å². The van der Waals surface area contributed by atoms with Gasteiger partial charge in [0, 0.05) is 66.4 Å². The van der Waals surface area contributed by atoms with Crippen LogP contribution in [-0.4, -0.2) is 46.8 Å². The highest BCUT2D eigenvalue weighted by Crippen LogP contribution is 2.28. The summed E-state index contributed by atoms with van der Waals surface area (Å²) in [5.74, 6) is -1.07. The van der Waals surface area contributed by atoms with Crippen LogP contribution in [0.4, 0.5) is 15.8 Å². The molecule has 39 heavy (non-hydrogen) atoms. The molecule has 0 bridgehead atoms. The standard InChI is InChI=1S/C30H35FN6O2/c31-24-9-8-19(30(39)35-22-6-2-1-3-7-22)15-23(24)26-11-10-25(33)29(36-26)28(38)16-20-17-34-13-12-27(20)37-14-4-5-21(32)18-37/h8-13,15,17,21-22H,1-7,14,16,18,32-33H2,(H,35,39)/t21-/m0/s1. The molecule has 0 spiro atoms. The first-order valence-electron chi connectivity index (χ1n) is 13.7. The van der Waals surface area contributed by atoms with Crippen molar-refractivity contribution < 1.29 is 14.0 Å². The van der Waals surface area contributed by atoms with Gasteiger partial charge in [-0.15, -0.1) is 0 Å². The van der Waals surface area contributed by atoms with E-state index in [2.05, 4.69) is 20.2 Å². The summed E-state index contributed by atoms with van der Waals surface area (Å²) in [6.45, 7) is 1.57. The molecular weight excluding hydrogens is 495 g/mol. The first-order chi connectivity index (χ1) is 18.9. The Morgan fingerprint density at radius 1 is 1.05 bits per heavy atom. The zero-order valence-electron chi connectivity index (χ0n) is 22.0. The summed E-state index contributed by atoms with van der Waals surface area (Å²) >= 11 is 0. The lowest BCUT2D eigenvalue weighted by molar-refractivity contribution is 0.0926. The molecule has 0 unspecified atom stereocenters. The van der Waals surface area contributed by atoms with Crippen LogP contribution in [0.25, 0.3) is 11.3 Å². The van der Waals surface area contributed by atoms with E-state index in [9.17, 15) is 14.0 Å². The fourth-order valence-electron chi connectivity index (χ4n) is 5.57. The minimum absolute atomic E-state index is 0.0435. The van der Waals surface area contributed by atoms with Gasteiger partial charge in [0.1, 0.15) is 11.5 Å². The van der Waals surface area contributed by atoms with E-state index < -0.39 is 5.82 Å². The molecule has 1 saturated heterocycles. The number of hydrogen-bond acceptors (Lipinski definition) is 7. The van der Waals surface area contributed by atoms with Crippen LogP contribution in [-0.2, 0) is 6.42 Å². The molecule has 3 aromatic rings. The van der Waals surface area contributed by atoms with Gasteiger partial charge in [0.15, 0.2) is 5.78 Å². The Morgan fingerprint density at radius 2 is 1.87 bits per heavy atom. The first kappa shape index (κ1) is 26.7. The number of nitrogen functional groups attached to an aromatic ring is 1. The van der Waals surface area contributed by atoms with Crippen LogP contribution < -0.4 is 21.7 Å². The zero-order valence-corrected chi connectivity index (χ0v) is 22.0. The Bertz CT molecular complexity index is 1360. The molecule has 3 heterocycles. The molecule has 2 fully saturated rings. The molecule has 9 heteroatoms. The molecule has 2 aliphatic rings. The molecule has 0 radical (unpaired) electrons. The van der Waals surface area contributed by atoms with Crippen molar-refractivity contribution in [3.63, 3.8) is 0 Å². The average Bonchev–Trinajstić information content (AvgIpc) is 2.94. The van der Waals surface area contributed by atoms with E-state index in [1.165, 1.54) is 24.6 Å². The summed E-state index contributed by atoms with van der Waals surface area (Å²) in [6, 6.07) is 9.45. The largest absolute Gasteiger partial charge is 0.397 e. The van der Waals surface area contributed by atoms with Crippen LogP contribution in [0.2, 0.25) is 0 Å². The maximum Gasteiger partial charge on any atom is 0.251 e. The summed E-state index contributed by atoms with van der Waals surface area (Å²) in [6.07, 6.45) is 10.7. The fourth-order valence-corrected chi connectivity index (χ4v) is 5.57. The second-order valence-electron chi connectivity index (χ2n) is 10.6. The van der Waals surface area contributed by atoms with Crippen LogP contribution in [0.1, 0.15) is 71.4 Å². The predicted molar refractivity (Wildman–Crippen MR) is 150 cm³/mol. The number of anilines is 2. The van der Waals surface area contributed by atoms with Crippen molar-refractivity contribution in [1.29, 1.82) is 0 Å². The van der Waals surface area contributed by atoms with E-state index in [0.29, 0.717) is 12.1 Å². The number of halogens is 1. The number of amides is 1. The number of Topliss-reactive ketones (excluding diaryl/α,β-unsaturated/α-hetero) is 1. The number of nitrogens with zero attached hydrogens (tertiary/aromatic N) is 3. The number of pyridine rings is 2. The van der Waals surface area contributed by atoms with Crippen LogP contribution >= 0.6 is 0 Å². The number of aromatic nitrogens is 2. The Kier molecular flexibility index (Phi) is 8.16. The molecule has 1 aromatic carbocycles. The number of nitrogens with two attached hydrogens (primary N) is 2. The summed E-state index contributed by atoms with van der Waals surface area (Å²) < 4.78 is 14.9. The van der Waals surface area contributed by atoms with E-state index in [0.717, 1.165) is 56.3 Å². The quantitative estimate of drug-likeness (QED) is 0.389. The molecule has 1 saturated carbocycles. The Hall–Kier alpha value is -3.85. The highest BCUT2D eigenvalue weighted by atomic mass is 19.1. The Labute approximate surface area is 228 Å². The predicted octanol–water partition coefficient (Wildman–Crippen LogP) is 4.28. The maximum absolute atomic E-state index is 14.9. The van der Waals surface area contributed by atoms with Crippen molar-refractivity contribution in [1.82, 2.24) is 15.3 Å². The second kappa shape index (κ2) is 11.9. The monoisotopic (exact) mass is 530 g/mol. The van der Waals surface area contributed by atoms with Gasteiger partial charge in [-0.2, -0.15) is 0 Å². The number of benzene rings is 1. The van der Waals surface area contributed by atoms with Crippen molar-refractivity contribution in [3.8, 4) is 11.3 Å². The third-order valence-corrected chi connectivity index (χ3v) is 7.66. The van der Waals surface area contributed by atoms with Gasteiger partial charge in [0.05, 0.1) is 11.4 Å². The van der Waals surface area contributed by atoms with Gasteiger partial charge < -0.3 is 21.7 Å². The molecule has 5 N–H and O–H groups in total. The molecular formula is C30H35FN6O2. The Morgan fingerprint density at radius 3 is 2.67 bits per heavy atom. The van der Waals surface area contributed by atoms with Gasteiger partial charge in [0.2, 0.25) is 0 Å². The topological polar surface area (TPSA) is 127 Å². The minimum Gasteiger partial charge on any atom is -0.397 e. The van der Waals surface area contributed by atoms with Gasteiger partial charge in [-0.1, -0.05) is 19.3 Å². The van der Waals surface area contributed by atoms with Crippen LogP contribution in [0.3, 0.4) is 0 Å². The highest BCUT2D eigenvalue weighted by molar-refractivity contribution is 6.01. The first-order valence-corrected chi connectivity index (χ1v) is 13.7. The third-order valence-electron chi connectivity index (χ3n) is 7.66. The van der Waals surface area contributed by atoms with Crippen molar-refractivity contribution in [2.45, 2.75) is 63.5 Å². The lowest BCUT2D eigenvalue weighted by atomic mass is 9.95. The minimum atomic E-state index is -0.532. The summed E-state index contributed by atoms with van der Waals surface area (Å²) in [4.78, 5) is 37.2. The summed E-state index contributed by atoms with van der Waals surface area (Å²) in [7, 11) is 0. The number of carbonyl (C=O) groups is 2. The molecule has 5 rings (SSSR count). The smallest absolute Gasteiger partial charge is 0.251 e. The van der Waals surface area contributed by atoms with Crippen molar-refractivity contribution in [2.75, 3.05) is 23.7 Å². The van der Waals surface area contributed by atoms with Gasteiger partial charge >= 0.3 is 0 Å². The number of piperidine rings is 1. The normalized spacial score (nSPS) is 18.1. The summed E-state index contributed by atoms with van der Waals surface area (Å²) in [5.41, 5.74) is 15.0. The molecule has 204 valence electrons. The van der Waals surface area contributed by atoms with Crippen molar-refractivity contribution >= 4 is 23.1 Å². The SMILES string of the molecule is Nc1ccc(-c2cc(C(=O)NC3CCCCC3)ccc2F)nc1C(=O)Cc1cnccc1N1CCC[C@H](N)C1. The molecule has 1 aliphatic carbocycles. The number of nitrogens with one attached hydrogen (secondary N) is 1. The molecule has 2 aromatic heterocycles. The Balaban J connectivity index is 1.38. The van der Waals surface area contributed by atoms with E-state index in [1.54, 1.807) is 24.5 Å². The van der Waals surface area contributed by atoms with Gasteiger partial charge in [-0.3, -0.25) is 14.6 Å². The number of carbonyl (C=O) groups excluding carboxylic acids is 2. The summed E-state index contributed by atoms with van der Waals surface area (Å²) in [5, 5.41) is 3.06. The lowest BCUT2D eigenvalue weighted by Crippen LogP contribution is -2.43. The second-order valence-corrected chi connectivity index (χ2v) is 10.6.